The molecule has 126 valence electrons. The second-order valence-corrected chi connectivity index (χ2v) is 7.82. The molecule has 2 aliphatic rings. The molecule has 0 saturated carbocycles. The predicted molar refractivity (Wildman–Crippen MR) is 104 cm³/mol. The van der Waals surface area contributed by atoms with Gasteiger partial charge in [-0.3, -0.25) is 4.90 Å². The van der Waals surface area contributed by atoms with E-state index in [9.17, 15) is 0 Å². The normalized spacial score (nSPS) is 23.8. The summed E-state index contributed by atoms with van der Waals surface area (Å²) in [5.41, 5.74) is 6.99. The highest BCUT2D eigenvalue weighted by Gasteiger charge is 2.38. The molecule has 24 heavy (non-hydrogen) atoms. The Kier molecular flexibility index (Phi) is 4.31. The number of fused-ring (bicyclic) bond motifs is 2. The maximum absolute atomic E-state index is 6.00. The van der Waals surface area contributed by atoms with E-state index in [1.807, 2.05) is 0 Å². The Bertz CT molecular complexity index is 747. The number of aromatic nitrogens is 1. The summed E-state index contributed by atoms with van der Waals surface area (Å²) in [6.07, 6.45) is 3.51. The molecule has 4 rings (SSSR count). The first kappa shape index (κ1) is 16.0. The minimum atomic E-state index is 0.547. The van der Waals surface area contributed by atoms with Gasteiger partial charge in [0.25, 0.3) is 0 Å². The maximum atomic E-state index is 6.00. The van der Waals surface area contributed by atoms with Crippen LogP contribution in [0.4, 0.5) is 0 Å². The molecule has 0 amide bonds. The summed E-state index contributed by atoms with van der Waals surface area (Å²) in [5, 5.41) is 0. The SMILES string of the molecule is CCc1c(C)[nH]c2c1C(=S)[C@@H]1CN(Cc3ccccc3)CC[C@H]1C2. The smallest absolute Gasteiger partial charge is 0.0292 e. The second-order valence-electron chi connectivity index (χ2n) is 7.38. The van der Waals surface area contributed by atoms with Gasteiger partial charge in [-0.1, -0.05) is 49.5 Å². The zero-order valence-electron chi connectivity index (χ0n) is 14.6. The molecule has 0 bridgehead atoms. The van der Waals surface area contributed by atoms with Crippen LogP contribution in [-0.4, -0.2) is 27.8 Å². The minimum Gasteiger partial charge on any atom is -0.362 e. The lowest BCUT2D eigenvalue weighted by Gasteiger charge is -2.41. The maximum Gasteiger partial charge on any atom is 0.0292 e. The molecular weight excluding hydrogens is 312 g/mol. The van der Waals surface area contributed by atoms with E-state index in [0.29, 0.717) is 5.92 Å². The fraction of sp³-hybridized carbons (Fsp3) is 0.476. The summed E-state index contributed by atoms with van der Waals surface area (Å²) in [7, 11) is 0. The molecule has 1 aliphatic heterocycles. The van der Waals surface area contributed by atoms with Gasteiger partial charge >= 0.3 is 0 Å². The molecule has 0 unspecified atom stereocenters. The lowest BCUT2D eigenvalue weighted by molar-refractivity contribution is 0.145. The van der Waals surface area contributed by atoms with E-state index < -0.39 is 0 Å². The van der Waals surface area contributed by atoms with Crippen molar-refractivity contribution >= 4 is 17.1 Å². The van der Waals surface area contributed by atoms with Crippen molar-refractivity contribution in [3.8, 4) is 0 Å². The molecule has 1 fully saturated rings. The number of nitrogens with one attached hydrogen (secondary N) is 1. The largest absolute Gasteiger partial charge is 0.362 e. The van der Waals surface area contributed by atoms with E-state index >= 15 is 0 Å². The Balaban J connectivity index is 1.56. The van der Waals surface area contributed by atoms with Crippen LogP contribution in [0, 0.1) is 18.8 Å². The molecule has 1 aliphatic carbocycles. The van der Waals surface area contributed by atoms with E-state index in [1.54, 1.807) is 0 Å². The molecule has 0 radical (unpaired) electrons. The molecule has 1 aromatic carbocycles. The number of piperidine rings is 1. The number of thiocarbonyl (C=S) groups is 1. The fourth-order valence-electron chi connectivity index (χ4n) is 4.67. The molecule has 2 aromatic rings. The quantitative estimate of drug-likeness (QED) is 0.842. The molecular formula is C21H26N2S. The van der Waals surface area contributed by atoms with Crippen LogP contribution in [0.1, 0.15) is 41.4 Å². The van der Waals surface area contributed by atoms with Crippen LogP contribution in [0.15, 0.2) is 30.3 Å². The first-order chi connectivity index (χ1) is 11.7. The van der Waals surface area contributed by atoms with Gasteiger partial charge in [-0.15, -0.1) is 0 Å². The summed E-state index contributed by atoms with van der Waals surface area (Å²) in [6.45, 7) is 7.80. The number of aromatic amines is 1. The van der Waals surface area contributed by atoms with Gasteiger partial charge in [0.05, 0.1) is 0 Å². The van der Waals surface area contributed by atoms with E-state index in [-0.39, 0.29) is 0 Å². The van der Waals surface area contributed by atoms with Gasteiger partial charge in [0, 0.05) is 40.8 Å². The van der Waals surface area contributed by atoms with E-state index in [1.165, 1.54) is 52.3 Å². The zero-order valence-corrected chi connectivity index (χ0v) is 15.5. The average molecular weight is 339 g/mol. The molecule has 1 aromatic heterocycles. The van der Waals surface area contributed by atoms with Crippen LogP contribution in [0.25, 0.3) is 0 Å². The number of benzene rings is 1. The summed E-state index contributed by atoms with van der Waals surface area (Å²) >= 11 is 6.00. The number of H-pyrrole nitrogens is 1. The van der Waals surface area contributed by atoms with Gasteiger partial charge in [0.2, 0.25) is 0 Å². The van der Waals surface area contributed by atoms with Gasteiger partial charge in [-0.2, -0.15) is 0 Å². The summed E-state index contributed by atoms with van der Waals surface area (Å²) in [6, 6.07) is 10.8. The highest BCUT2D eigenvalue weighted by Crippen LogP contribution is 2.38. The Hall–Kier alpha value is -1.45. The van der Waals surface area contributed by atoms with Gasteiger partial charge in [-0.05, 0) is 49.8 Å². The molecule has 2 nitrogen and oxygen atoms in total. The molecule has 2 atom stereocenters. The van der Waals surface area contributed by atoms with Crippen molar-refractivity contribution in [2.75, 3.05) is 13.1 Å². The van der Waals surface area contributed by atoms with Crippen molar-refractivity contribution in [1.82, 2.24) is 9.88 Å². The van der Waals surface area contributed by atoms with Crippen molar-refractivity contribution in [3.05, 3.63) is 58.4 Å². The number of rotatable bonds is 3. The summed E-state index contributed by atoms with van der Waals surface area (Å²) in [5.74, 6) is 1.27. The zero-order chi connectivity index (χ0) is 16.7. The van der Waals surface area contributed by atoms with Crippen molar-refractivity contribution < 1.29 is 0 Å². The average Bonchev–Trinajstić information content (AvgIpc) is 2.92. The standard InChI is InChI=1S/C21H26N2S/c1-3-17-14(2)22-19-11-16-9-10-23(12-15-7-5-4-6-8-15)13-18(16)21(24)20(17)19/h4-8,16,18,22H,3,9-13H2,1-2H3/t16-,18+/m0/s1. The van der Waals surface area contributed by atoms with Crippen LogP contribution < -0.4 is 0 Å². The van der Waals surface area contributed by atoms with Crippen molar-refractivity contribution in [2.24, 2.45) is 11.8 Å². The van der Waals surface area contributed by atoms with Crippen LogP contribution in [0.3, 0.4) is 0 Å². The van der Waals surface area contributed by atoms with Gasteiger partial charge < -0.3 is 4.98 Å². The first-order valence-corrected chi connectivity index (χ1v) is 9.59. The van der Waals surface area contributed by atoms with Crippen LogP contribution in [0.2, 0.25) is 0 Å². The van der Waals surface area contributed by atoms with Gasteiger partial charge in [-0.25, -0.2) is 0 Å². The molecule has 2 heterocycles. The number of aryl methyl sites for hydroxylation is 1. The first-order valence-electron chi connectivity index (χ1n) is 9.18. The number of hydrogen-bond acceptors (Lipinski definition) is 2. The summed E-state index contributed by atoms with van der Waals surface area (Å²) < 4.78 is 0. The van der Waals surface area contributed by atoms with E-state index in [0.717, 1.165) is 25.4 Å². The van der Waals surface area contributed by atoms with E-state index in [2.05, 4.69) is 54.1 Å². The summed E-state index contributed by atoms with van der Waals surface area (Å²) in [4.78, 5) is 7.45. The molecule has 0 spiro atoms. The lowest BCUT2D eigenvalue weighted by Crippen LogP contribution is -2.46. The third kappa shape index (κ3) is 2.74. The third-order valence-electron chi connectivity index (χ3n) is 5.89. The molecule has 1 N–H and O–H groups in total. The van der Waals surface area contributed by atoms with Crippen molar-refractivity contribution in [2.45, 2.75) is 39.7 Å². The van der Waals surface area contributed by atoms with Crippen LogP contribution in [-0.2, 0) is 19.4 Å². The van der Waals surface area contributed by atoms with Gasteiger partial charge in [0.15, 0.2) is 0 Å². The Morgan fingerprint density at radius 1 is 1.25 bits per heavy atom. The lowest BCUT2D eigenvalue weighted by atomic mass is 9.73. The Labute approximate surface area is 150 Å². The second kappa shape index (κ2) is 6.45. The van der Waals surface area contributed by atoms with Gasteiger partial charge in [0.1, 0.15) is 0 Å². The number of hydrogen-bond donors (Lipinski definition) is 1. The Morgan fingerprint density at radius 2 is 2.04 bits per heavy atom. The topological polar surface area (TPSA) is 19.0 Å². The monoisotopic (exact) mass is 338 g/mol. The third-order valence-corrected chi connectivity index (χ3v) is 6.39. The highest BCUT2D eigenvalue weighted by molar-refractivity contribution is 7.80. The molecule has 1 saturated heterocycles. The minimum absolute atomic E-state index is 0.547. The number of likely N-dealkylation sites (tertiary alicyclic amines) is 1. The van der Waals surface area contributed by atoms with Crippen LogP contribution >= 0.6 is 12.2 Å². The highest BCUT2D eigenvalue weighted by atomic mass is 32.1. The fourth-order valence-corrected chi connectivity index (χ4v) is 5.18. The molecule has 3 heteroatoms. The number of nitrogens with zero attached hydrogens (tertiary/aromatic N) is 1. The van der Waals surface area contributed by atoms with E-state index in [4.69, 9.17) is 12.2 Å². The van der Waals surface area contributed by atoms with Crippen molar-refractivity contribution in [1.29, 1.82) is 0 Å². The Morgan fingerprint density at radius 3 is 2.79 bits per heavy atom. The predicted octanol–water partition coefficient (Wildman–Crippen LogP) is 4.30. The van der Waals surface area contributed by atoms with Crippen LogP contribution in [0.5, 0.6) is 0 Å². The van der Waals surface area contributed by atoms with Crippen molar-refractivity contribution in [3.63, 3.8) is 0 Å².